The lowest BCUT2D eigenvalue weighted by molar-refractivity contribution is 0.263. The van der Waals surface area contributed by atoms with Crippen molar-refractivity contribution in [2.75, 3.05) is 13.2 Å². The molecule has 2 nitrogen and oxygen atoms in total. The maximum Gasteiger partial charge on any atom is 0.131 e. The summed E-state index contributed by atoms with van der Waals surface area (Å²) in [6.07, 6.45) is 0.921. The molecule has 1 N–H and O–H groups in total. The third-order valence-electron chi connectivity index (χ3n) is 3.14. The molecular weight excluding hydrogens is 272 g/mol. The first-order chi connectivity index (χ1) is 10.2. The molecule has 0 bridgehead atoms. The van der Waals surface area contributed by atoms with Gasteiger partial charge in [0.15, 0.2) is 0 Å². The van der Waals surface area contributed by atoms with Gasteiger partial charge in [-0.25, -0.2) is 8.78 Å². The first kappa shape index (κ1) is 15.4. The predicted molar refractivity (Wildman–Crippen MR) is 79.3 cm³/mol. The SMILES string of the molecule is CCCNC(COc1ccccc1)c1ccc(F)cc1F. The van der Waals surface area contributed by atoms with Crippen LogP contribution in [0.3, 0.4) is 0 Å². The summed E-state index contributed by atoms with van der Waals surface area (Å²) in [4.78, 5) is 0. The highest BCUT2D eigenvalue weighted by Gasteiger charge is 2.16. The Morgan fingerprint density at radius 1 is 1.10 bits per heavy atom. The molecule has 0 saturated carbocycles. The summed E-state index contributed by atoms with van der Waals surface area (Å²) in [7, 11) is 0. The van der Waals surface area contributed by atoms with Crippen LogP contribution in [0.4, 0.5) is 8.78 Å². The molecule has 0 spiro atoms. The fourth-order valence-corrected chi connectivity index (χ4v) is 2.06. The molecule has 112 valence electrons. The minimum atomic E-state index is -0.575. The normalized spacial score (nSPS) is 12.1. The number of benzene rings is 2. The van der Waals surface area contributed by atoms with Crippen LogP contribution in [-0.4, -0.2) is 13.2 Å². The number of nitrogens with one attached hydrogen (secondary N) is 1. The number of rotatable bonds is 7. The van der Waals surface area contributed by atoms with Gasteiger partial charge < -0.3 is 10.1 Å². The molecular formula is C17H19F2NO. The van der Waals surface area contributed by atoms with E-state index < -0.39 is 11.6 Å². The predicted octanol–water partition coefficient (Wildman–Crippen LogP) is 4.08. The van der Waals surface area contributed by atoms with Crippen molar-refractivity contribution >= 4 is 0 Å². The Morgan fingerprint density at radius 3 is 2.52 bits per heavy atom. The van der Waals surface area contributed by atoms with Gasteiger partial charge in [-0.15, -0.1) is 0 Å². The van der Waals surface area contributed by atoms with Crippen molar-refractivity contribution in [2.45, 2.75) is 19.4 Å². The maximum absolute atomic E-state index is 13.9. The van der Waals surface area contributed by atoms with Crippen LogP contribution in [0.1, 0.15) is 24.9 Å². The summed E-state index contributed by atoms with van der Waals surface area (Å²) in [5.74, 6) is -0.405. The molecule has 0 aliphatic rings. The van der Waals surface area contributed by atoms with Crippen molar-refractivity contribution in [3.63, 3.8) is 0 Å². The molecule has 1 atom stereocenters. The van der Waals surface area contributed by atoms with Crippen molar-refractivity contribution < 1.29 is 13.5 Å². The zero-order chi connectivity index (χ0) is 15.1. The smallest absolute Gasteiger partial charge is 0.131 e. The van der Waals surface area contributed by atoms with Crippen molar-refractivity contribution in [1.82, 2.24) is 5.32 Å². The molecule has 0 amide bonds. The molecule has 1 unspecified atom stereocenters. The van der Waals surface area contributed by atoms with Gasteiger partial charge in [0.25, 0.3) is 0 Å². The highest BCUT2D eigenvalue weighted by molar-refractivity contribution is 5.24. The highest BCUT2D eigenvalue weighted by atomic mass is 19.1. The van der Waals surface area contributed by atoms with E-state index in [-0.39, 0.29) is 12.6 Å². The molecule has 2 aromatic carbocycles. The standard InChI is InChI=1S/C17H19F2NO/c1-2-10-20-17(12-21-14-6-4-3-5-7-14)15-9-8-13(18)11-16(15)19/h3-9,11,17,20H,2,10,12H2,1H3. The van der Waals surface area contributed by atoms with E-state index in [0.29, 0.717) is 5.56 Å². The first-order valence-corrected chi connectivity index (χ1v) is 7.07. The fourth-order valence-electron chi connectivity index (χ4n) is 2.06. The number of hydrogen-bond donors (Lipinski definition) is 1. The first-order valence-electron chi connectivity index (χ1n) is 7.07. The Kier molecular flexibility index (Phi) is 5.69. The Bertz CT molecular complexity index is 560. The number of hydrogen-bond acceptors (Lipinski definition) is 2. The van der Waals surface area contributed by atoms with Crippen LogP contribution in [0.15, 0.2) is 48.5 Å². The van der Waals surface area contributed by atoms with Gasteiger partial charge in [-0.05, 0) is 31.2 Å². The molecule has 21 heavy (non-hydrogen) atoms. The molecule has 0 fully saturated rings. The van der Waals surface area contributed by atoms with Crippen LogP contribution in [0.5, 0.6) is 5.75 Å². The summed E-state index contributed by atoms with van der Waals surface area (Å²) >= 11 is 0. The van der Waals surface area contributed by atoms with E-state index in [2.05, 4.69) is 5.32 Å². The van der Waals surface area contributed by atoms with E-state index in [1.54, 1.807) is 0 Å². The van der Waals surface area contributed by atoms with Gasteiger partial charge in [0.2, 0.25) is 0 Å². The van der Waals surface area contributed by atoms with Crippen molar-refractivity contribution in [3.05, 3.63) is 65.7 Å². The Hall–Kier alpha value is -1.94. The molecule has 0 radical (unpaired) electrons. The van der Waals surface area contributed by atoms with Crippen molar-refractivity contribution in [1.29, 1.82) is 0 Å². The van der Waals surface area contributed by atoms with Gasteiger partial charge in [-0.3, -0.25) is 0 Å². The molecule has 0 aromatic heterocycles. The van der Waals surface area contributed by atoms with Crippen LogP contribution in [0.2, 0.25) is 0 Å². The second-order valence-corrected chi connectivity index (χ2v) is 4.80. The average Bonchev–Trinajstić information content (AvgIpc) is 2.49. The van der Waals surface area contributed by atoms with Gasteiger partial charge >= 0.3 is 0 Å². The molecule has 0 aliphatic carbocycles. The van der Waals surface area contributed by atoms with Crippen LogP contribution >= 0.6 is 0 Å². The van der Waals surface area contributed by atoms with Crippen LogP contribution in [-0.2, 0) is 0 Å². The van der Waals surface area contributed by atoms with Crippen LogP contribution < -0.4 is 10.1 Å². The third kappa shape index (κ3) is 4.53. The Balaban J connectivity index is 2.10. The molecule has 0 heterocycles. The zero-order valence-corrected chi connectivity index (χ0v) is 12.0. The van der Waals surface area contributed by atoms with Gasteiger partial charge in [0.05, 0.1) is 6.04 Å². The second kappa shape index (κ2) is 7.74. The minimum Gasteiger partial charge on any atom is -0.492 e. The average molecular weight is 291 g/mol. The fraction of sp³-hybridized carbons (Fsp3) is 0.294. The van der Waals surface area contributed by atoms with Gasteiger partial charge in [0.1, 0.15) is 24.0 Å². The Morgan fingerprint density at radius 2 is 1.86 bits per heavy atom. The third-order valence-corrected chi connectivity index (χ3v) is 3.14. The maximum atomic E-state index is 13.9. The van der Waals surface area contributed by atoms with E-state index in [0.717, 1.165) is 24.8 Å². The van der Waals surface area contributed by atoms with E-state index in [4.69, 9.17) is 4.74 Å². The molecule has 4 heteroatoms. The van der Waals surface area contributed by atoms with Crippen molar-refractivity contribution in [3.8, 4) is 5.75 Å². The monoisotopic (exact) mass is 291 g/mol. The summed E-state index contributed by atoms with van der Waals surface area (Å²) in [6, 6.07) is 12.7. The van der Waals surface area contributed by atoms with Gasteiger partial charge in [0, 0.05) is 11.6 Å². The zero-order valence-electron chi connectivity index (χ0n) is 12.0. The molecule has 2 aromatic rings. The highest BCUT2D eigenvalue weighted by Crippen LogP contribution is 2.20. The topological polar surface area (TPSA) is 21.3 Å². The van der Waals surface area contributed by atoms with Gasteiger partial charge in [-0.2, -0.15) is 0 Å². The lowest BCUT2D eigenvalue weighted by Crippen LogP contribution is -2.28. The summed E-state index contributed by atoms with van der Waals surface area (Å²) in [6.45, 7) is 3.05. The van der Waals surface area contributed by atoms with Crippen LogP contribution in [0, 0.1) is 11.6 Å². The lowest BCUT2D eigenvalue weighted by Gasteiger charge is -2.20. The number of para-hydroxylation sites is 1. The second-order valence-electron chi connectivity index (χ2n) is 4.80. The molecule has 2 rings (SSSR count). The number of ether oxygens (including phenoxy) is 1. The van der Waals surface area contributed by atoms with E-state index in [9.17, 15) is 8.78 Å². The summed E-state index contributed by atoms with van der Waals surface area (Å²) in [5, 5.41) is 3.23. The molecule has 0 saturated heterocycles. The summed E-state index contributed by atoms with van der Waals surface area (Å²) in [5.41, 5.74) is 0.417. The number of halogens is 2. The lowest BCUT2D eigenvalue weighted by atomic mass is 10.1. The van der Waals surface area contributed by atoms with E-state index in [1.165, 1.54) is 12.1 Å². The largest absolute Gasteiger partial charge is 0.492 e. The van der Waals surface area contributed by atoms with E-state index >= 15 is 0 Å². The Labute approximate surface area is 123 Å². The summed E-state index contributed by atoms with van der Waals surface area (Å²) < 4.78 is 32.6. The minimum absolute atomic E-state index is 0.284. The molecule has 0 aliphatic heterocycles. The van der Waals surface area contributed by atoms with Crippen LogP contribution in [0.25, 0.3) is 0 Å². The quantitative estimate of drug-likeness (QED) is 0.830. The van der Waals surface area contributed by atoms with Crippen molar-refractivity contribution in [2.24, 2.45) is 0 Å². The van der Waals surface area contributed by atoms with Gasteiger partial charge in [-0.1, -0.05) is 31.2 Å². The van der Waals surface area contributed by atoms with E-state index in [1.807, 2.05) is 37.3 Å².